The molecule has 0 N–H and O–H groups in total. The number of rotatable bonds is 1. The van der Waals surface area contributed by atoms with E-state index in [1.807, 2.05) is 0 Å². The van der Waals surface area contributed by atoms with Gasteiger partial charge < -0.3 is 4.90 Å². The lowest BCUT2D eigenvalue weighted by Crippen LogP contribution is -2.39. The molecule has 15 heavy (non-hydrogen) atoms. The third-order valence-corrected chi connectivity index (χ3v) is 3.88. The molecule has 2 heteroatoms. The lowest BCUT2D eigenvalue weighted by atomic mass is 10.1. The molecule has 0 atom stereocenters. The molecule has 1 saturated carbocycles. The number of hydrogen-bond donors (Lipinski definition) is 0. The molecule has 2 nitrogen and oxygen atoms in total. The third-order valence-electron chi connectivity index (χ3n) is 3.88. The van der Waals surface area contributed by atoms with E-state index in [1.54, 1.807) is 0 Å². The summed E-state index contributed by atoms with van der Waals surface area (Å²) in [4.78, 5) is 14.2. The molecule has 0 aromatic heterocycles. The maximum atomic E-state index is 12.0. The normalized spacial score (nSPS) is 26.1. The Kier molecular flexibility index (Phi) is 4.04. The van der Waals surface area contributed by atoms with Crippen LogP contribution in [-0.2, 0) is 4.79 Å². The van der Waals surface area contributed by atoms with Crippen LogP contribution in [0.2, 0.25) is 0 Å². The summed E-state index contributed by atoms with van der Waals surface area (Å²) >= 11 is 0. The van der Waals surface area contributed by atoms with Crippen LogP contribution in [0.3, 0.4) is 0 Å². The van der Waals surface area contributed by atoms with Crippen molar-refractivity contribution in [1.82, 2.24) is 4.90 Å². The van der Waals surface area contributed by atoms with E-state index >= 15 is 0 Å². The van der Waals surface area contributed by atoms with Crippen LogP contribution in [0.1, 0.15) is 64.2 Å². The predicted octanol–water partition coefficient (Wildman–Crippen LogP) is 3.11. The minimum Gasteiger partial charge on any atom is -0.340 e. The second-order valence-electron chi connectivity index (χ2n) is 5.04. The van der Waals surface area contributed by atoms with Crippen molar-refractivity contribution in [2.75, 3.05) is 6.54 Å². The van der Waals surface area contributed by atoms with Crippen LogP contribution in [0.15, 0.2) is 0 Å². The predicted molar refractivity (Wildman–Crippen MR) is 61.7 cm³/mol. The van der Waals surface area contributed by atoms with Gasteiger partial charge in [0, 0.05) is 19.0 Å². The molecule has 0 bridgehead atoms. The standard InChI is InChI=1S/C13H23NO/c15-13-10-6-3-7-11-14(13)12-8-4-1-2-5-9-12/h12H,1-11H2. The Balaban J connectivity index is 1.95. The molecule has 2 fully saturated rings. The van der Waals surface area contributed by atoms with Crippen LogP contribution in [0, 0.1) is 0 Å². The van der Waals surface area contributed by atoms with Crippen LogP contribution in [0.5, 0.6) is 0 Å². The van der Waals surface area contributed by atoms with E-state index in [0.717, 1.165) is 19.4 Å². The Morgan fingerprint density at radius 2 is 1.53 bits per heavy atom. The Morgan fingerprint density at radius 1 is 0.867 bits per heavy atom. The maximum Gasteiger partial charge on any atom is 0.222 e. The number of carbonyl (C=O) groups excluding carboxylic acids is 1. The Labute approximate surface area is 93.0 Å². The fraction of sp³-hybridized carbons (Fsp3) is 0.923. The Hall–Kier alpha value is -0.530. The molecular weight excluding hydrogens is 186 g/mol. The van der Waals surface area contributed by atoms with Crippen molar-refractivity contribution < 1.29 is 4.79 Å². The average Bonchev–Trinajstić information content (AvgIpc) is 2.59. The van der Waals surface area contributed by atoms with E-state index in [4.69, 9.17) is 0 Å². The van der Waals surface area contributed by atoms with Gasteiger partial charge in [0.05, 0.1) is 0 Å². The summed E-state index contributed by atoms with van der Waals surface area (Å²) in [5.41, 5.74) is 0. The average molecular weight is 209 g/mol. The molecule has 2 aliphatic rings. The topological polar surface area (TPSA) is 20.3 Å². The highest BCUT2D eigenvalue weighted by Gasteiger charge is 2.25. The van der Waals surface area contributed by atoms with Gasteiger partial charge in [-0.2, -0.15) is 0 Å². The first-order valence-corrected chi connectivity index (χ1v) is 6.67. The lowest BCUT2D eigenvalue weighted by molar-refractivity contribution is -0.133. The van der Waals surface area contributed by atoms with Crippen molar-refractivity contribution in [3.8, 4) is 0 Å². The minimum atomic E-state index is 0.430. The van der Waals surface area contributed by atoms with Gasteiger partial charge in [0.2, 0.25) is 5.91 Å². The molecule has 1 saturated heterocycles. The van der Waals surface area contributed by atoms with Crippen LogP contribution in [0.25, 0.3) is 0 Å². The summed E-state index contributed by atoms with van der Waals surface area (Å²) in [6.07, 6.45) is 12.3. The molecular formula is C13H23NO. The van der Waals surface area contributed by atoms with Gasteiger partial charge in [0.25, 0.3) is 0 Å². The van der Waals surface area contributed by atoms with Crippen molar-refractivity contribution in [3.63, 3.8) is 0 Å². The zero-order valence-corrected chi connectivity index (χ0v) is 9.71. The molecule has 0 unspecified atom stereocenters. The fourth-order valence-corrected chi connectivity index (χ4v) is 2.96. The van der Waals surface area contributed by atoms with Crippen molar-refractivity contribution in [2.24, 2.45) is 0 Å². The van der Waals surface area contributed by atoms with Gasteiger partial charge in [0.1, 0.15) is 0 Å². The summed E-state index contributed by atoms with van der Waals surface area (Å²) in [6, 6.07) is 0.582. The van der Waals surface area contributed by atoms with Crippen molar-refractivity contribution >= 4 is 5.91 Å². The molecule has 0 radical (unpaired) electrons. The van der Waals surface area contributed by atoms with Gasteiger partial charge in [0.15, 0.2) is 0 Å². The van der Waals surface area contributed by atoms with Gasteiger partial charge in [-0.15, -0.1) is 0 Å². The molecule has 0 aromatic carbocycles. The summed E-state index contributed by atoms with van der Waals surface area (Å²) in [5, 5.41) is 0. The number of nitrogens with zero attached hydrogens (tertiary/aromatic N) is 1. The quantitative estimate of drug-likeness (QED) is 0.608. The molecule has 0 spiro atoms. The van der Waals surface area contributed by atoms with E-state index in [2.05, 4.69) is 4.90 Å². The van der Waals surface area contributed by atoms with Crippen LogP contribution in [-0.4, -0.2) is 23.4 Å². The van der Waals surface area contributed by atoms with E-state index in [1.165, 1.54) is 51.4 Å². The van der Waals surface area contributed by atoms with Crippen LogP contribution < -0.4 is 0 Å². The van der Waals surface area contributed by atoms with Gasteiger partial charge in [-0.3, -0.25) is 4.79 Å². The third kappa shape index (κ3) is 2.96. The largest absolute Gasteiger partial charge is 0.340 e. The van der Waals surface area contributed by atoms with Gasteiger partial charge in [-0.25, -0.2) is 0 Å². The van der Waals surface area contributed by atoms with Gasteiger partial charge >= 0.3 is 0 Å². The number of hydrogen-bond acceptors (Lipinski definition) is 1. The molecule has 86 valence electrons. The summed E-state index contributed by atoms with van der Waals surface area (Å²) in [6.45, 7) is 1.03. The summed E-state index contributed by atoms with van der Waals surface area (Å²) in [7, 11) is 0. The van der Waals surface area contributed by atoms with Crippen molar-refractivity contribution in [3.05, 3.63) is 0 Å². The second kappa shape index (κ2) is 5.53. The van der Waals surface area contributed by atoms with Gasteiger partial charge in [-0.1, -0.05) is 32.1 Å². The van der Waals surface area contributed by atoms with E-state index < -0.39 is 0 Å². The summed E-state index contributed by atoms with van der Waals surface area (Å²) in [5.74, 6) is 0.430. The Morgan fingerprint density at radius 3 is 2.27 bits per heavy atom. The second-order valence-corrected chi connectivity index (χ2v) is 5.04. The van der Waals surface area contributed by atoms with E-state index in [-0.39, 0.29) is 0 Å². The molecule has 2 rings (SSSR count). The van der Waals surface area contributed by atoms with Gasteiger partial charge in [-0.05, 0) is 25.7 Å². The van der Waals surface area contributed by atoms with E-state index in [0.29, 0.717) is 11.9 Å². The van der Waals surface area contributed by atoms with Crippen molar-refractivity contribution in [1.29, 1.82) is 0 Å². The SMILES string of the molecule is O=C1CCCCCN1C1CCCCCC1. The number of carbonyl (C=O) groups is 1. The highest BCUT2D eigenvalue weighted by atomic mass is 16.2. The van der Waals surface area contributed by atoms with Crippen LogP contribution >= 0.6 is 0 Å². The first-order valence-electron chi connectivity index (χ1n) is 6.67. The molecule has 0 aromatic rings. The number of likely N-dealkylation sites (tertiary alicyclic amines) is 1. The monoisotopic (exact) mass is 209 g/mol. The molecule has 1 amide bonds. The number of amides is 1. The first-order chi connectivity index (χ1) is 7.38. The van der Waals surface area contributed by atoms with Crippen LogP contribution in [0.4, 0.5) is 0 Å². The van der Waals surface area contributed by atoms with E-state index in [9.17, 15) is 4.79 Å². The first kappa shape index (κ1) is 11.0. The Bertz CT molecular complexity index is 207. The zero-order chi connectivity index (χ0) is 10.5. The minimum absolute atomic E-state index is 0.430. The highest BCUT2D eigenvalue weighted by molar-refractivity contribution is 5.76. The smallest absolute Gasteiger partial charge is 0.222 e. The highest BCUT2D eigenvalue weighted by Crippen LogP contribution is 2.24. The molecule has 1 aliphatic heterocycles. The summed E-state index contributed by atoms with van der Waals surface area (Å²) < 4.78 is 0. The van der Waals surface area contributed by atoms with Crippen molar-refractivity contribution in [2.45, 2.75) is 70.3 Å². The fourth-order valence-electron chi connectivity index (χ4n) is 2.96. The molecule has 1 heterocycles. The molecule has 1 aliphatic carbocycles. The maximum absolute atomic E-state index is 12.0. The lowest BCUT2D eigenvalue weighted by Gasteiger charge is -2.30. The zero-order valence-electron chi connectivity index (χ0n) is 9.71.